The molecule has 2 atom stereocenters. The van der Waals surface area contributed by atoms with E-state index in [1.165, 1.54) is 12.7 Å². The smallest absolute Gasteiger partial charge is 0.287 e. The minimum atomic E-state index is -0.377. The van der Waals surface area contributed by atoms with E-state index in [-0.39, 0.29) is 28.9 Å². The van der Waals surface area contributed by atoms with E-state index >= 15 is 0 Å². The maximum Gasteiger partial charge on any atom is 0.287 e. The van der Waals surface area contributed by atoms with Crippen LogP contribution >= 0.6 is 0 Å². The number of carbonyl (C=O) groups excluding carboxylic acids is 1. The number of rotatable bonds is 5. The minimum absolute atomic E-state index is 0.000454. The van der Waals surface area contributed by atoms with Gasteiger partial charge in [-0.3, -0.25) is 14.5 Å². The van der Waals surface area contributed by atoms with Crippen LogP contribution in [0.4, 0.5) is 0 Å². The van der Waals surface area contributed by atoms with E-state index in [0.717, 1.165) is 32.0 Å². The summed E-state index contributed by atoms with van der Waals surface area (Å²) < 4.78 is 10.1. The standard InChI is InChI=1S/C19H22N2O4/c1-13-9-21(10-14-6-4-3-5-7-14)11-15(13)20-19(23)17-8-16(22)18(24-2)12-25-17/h3-8,12-13,15H,9-11H2,1-2H3,(H,20,23)/t13-,15+/m0/s1. The molecule has 0 radical (unpaired) electrons. The fourth-order valence-electron chi connectivity index (χ4n) is 3.13. The van der Waals surface area contributed by atoms with Gasteiger partial charge in [0, 0.05) is 31.7 Å². The highest BCUT2D eigenvalue weighted by atomic mass is 16.5. The van der Waals surface area contributed by atoms with Gasteiger partial charge in [0.2, 0.25) is 11.2 Å². The predicted octanol–water partition coefficient (Wildman–Crippen LogP) is 1.90. The van der Waals surface area contributed by atoms with Gasteiger partial charge in [0.05, 0.1) is 7.11 Å². The van der Waals surface area contributed by atoms with Crippen molar-refractivity contribution in [3.8, 4) is 5.75 Å². The third kappa shape index (κ3) is 4.09. The minimum Gasteiger partial charge on any atom is -0.490 e. The molecule has 1 aromatic heterocycles. The van der Waals surface area contributed by atoms with Crippen LogP contribution in [0.3, 0.4) is 0 Å². The lowest BCUT2D eigenvalue weighted by Gasteiger charge is -2.17. The number of ether oxygens (including phenoxy) is 1. The third-order valence-electron chi connectivity index (χ3n) is 4.50. The van der Waals surface area contributed by atoms with Crippen molar-refractivity contribution in [1.29, 1.82) is 0 Å². The van der Waals surface area contributed by atoms with Crippen molar-refractivity contribution in [2.45, 2.75) is 19.5 Å². The second kappa shape index (κ2) is 7.53. The third-order valence-corrected chi connectivity index (χ3v) is 4.50. The van der Waals surface area contributed by atoms with Crippen LogP contribution in [0.2, 0.25) is 0 Å². The largest absolute Gasteiger partial charge is 0.490 e. The molecule has 1 saturated heterocycles. The van der Waals surface area contributed by atoms with Crippen molar-refractivity contribution < 1.29 is 13.9 Å². The van der Waals surface area contributed by atoms with Crippen molar-refractivity contribution in [2.75, 3.05) is 20.2 Å². The molecule has 1 aliphatic heterocycles. The van der Waals surface area contributed by atoms with Crippen molar-refractivity contribution in [3.05, 3.63) is 64.2 Å². The van der Waals surface area contributed by atoms with Gasteiger partial charge < -0.3 is 14.5 Å². The number of nitrogens with zero attached hydrogens (tertiary/aromatic N) is 1. The van der Waals surface area contributed by atoms with Crippen LogP contribution in [0, 0.1) is 5.92 Å². The first-order valence-corrected chi connectivity index (χ1v) is 8.31. The molecule has 6 nitrogen and oxygen atoms in total. The Kier molecular flexibility index (Phi) is 5.19. The molecule has 1 aliphatic rings. The lowest BCUT2D eigenvalue weighted by Crippen LogP contribution is -2.40. The normalized spacial score (nSPS) is 20.4. The van der Waals surface area contributed by atoms with Gasteiger partial charge in [-0.1, -0.05) is 37.3 Å². The fourth-order valence-corrected chi connectivity index (χ4v) is 3.13. The van der Waals surface area contributed by atoms with E-state index in [2.05, 4.69) is 29.3 Å². The van der Waals surface area contributed by atoms with Crippen LogP contribution in [0.25, 0.3) is 0 Å². The maximum absolute atomic E-state index is 12.4. The molecule has 0 bridgehead atoms. The van der Waals surface area contributed by atoms with Gasteiger partial charge >= 0.3 is 0 Å². The van der Waals surface area contributed by atoms with Crippen molar-refractivity contribution >= 4 is 5.91 Å². The van der Waals surface area contributed by atoms with Gasteiger partial charge in [0.15, 0.2) is 5.76 Å². The highest BCUT2D eigenvalue weighted by molar-refractivity contribution is 5.91. The van der Waals surface area contributed by atoms with Crippen LogP contribution in [0.1, 0.15) is 23.0 Å². The zero-order valence-electron chi connectivity index (χ0n) is 14.4. The molecule has 25 heavy (non-hydrogen) atoms. The molecule has 0 unspecified atom stereocenters. The predicted molar refractivity (Wildman–Crippen MR) is 93.7 cm³/mol. The number of nitrogens with one attached hydrogen (secondary N) is 1. The summed E-state index contributed by atoms with van der Waals surface area (Å²) in [6.07, 6.45) is 1.16. The van der Waals surface area contributed by atoms with Crippen molar-refractivity contribution in [2.24, 2.45) is 5.92 Å². The monoisotopic (exact) mass is 342 g/mol. The van der Waals surface area contributed by atoms with Gasteiger partial charge in [-0.05, 0) is 11.5 Å². The van der Waals surface area contributed by atoms with Gasteiger partial charge in [0.1, 0.15) is 6.26 Å². The van der Waals surface area contributed by atoms with Crippen LogP contribution in [-0.4, -0.2) is 37.0 Å². The molecular weight excluding hydrogens is 320 g/mol. The molecule has 1 aromatic carbocycles. The Morgan fingerprint density at radius 2 is 2.08 bits per heavy atom. The Hall–Kier alpha value is -2.60. The summed E-state index contributed by atoms with van der Waals surface area (Å²) in [5.74, 6) is 0.0233. The number of hydrogen-bond donors (Lipinski definition) is 1. The van der Waals surface area contributed by atoms with Crippen LogP contribution in [0.5, 0.6) is 5.75 Å². The Bertz CT molecular complexity index is 788. The lowest BCUT2D eigenvalue weighted by atomic mass is 10.1. The first kappa shape index (κ1) is 17.2. The Morgan fingerprint density at radius 1 is 1.32 bits per heavy atom. The zero-order chi connectivity index (χ0) is 17.8. The van der Waals surface area contributed by atoms with E-state index in [0.29, 0.717) is 5.92 Å². The van der Waals surface area contributed by atoms with Crippen LogP contribution < -0.4 is 15.5 Å². The molecule has 0 aliphatic carbocycles. The second-order valence-corrected chi connectivity index (χ2v) is 6.41. The van der Waals surface area contributed by atoms with E-state index in [1.807, 2.05) is 18.2 Å². The summed E-state index contributed by atoms with van der Waals surface area (Å²) in [7, 11) is 1.38. The molecule has 2 heterocycles. The van der Waals surface area contributed by atoms with Gasteiger partial charge in [-0.2, -0.15) is 0 Å². The molecule has 6 heteroatoms. The highest BCUT2D eigenvalue weighted by Crippen LogP contribution is 2.19. The number of hydrogen-bond acceptors (Lipinski definition) is 5. The molecule has 3 rings (SSSR count). The Labute approximate surface area is 146 Å². The highest BCUT2D eigenvalue weighted by Gasteiger charge is 2.31. The van der Waals surface area contributed by atoms with E-state index in [1.54, 1.807) is 0 Å². The van der Waals surface area contributed by atoms with Crippen molar-refractivity contribution in [1.82, 2.24) is 10.2 Å². The Morgan fingerprint density at radius 3 is 2.76 bits per heavy atom. The van der Waals surface area contributed by atoms with Crippen LogP contribution in [0.15, 0.2) is 51.9 Å². The fraction of sp³-hybridized carbons (Fsp3) is 0.368. The summed E-state index contributed by atoms with van der Waals surface area (Å²) in [5.41, 5.74) is 0.881. The average molecular weight is 342 g/mol. The van der Waals surface area contributed by atoms with Crippen molar-refractivity contribution in [3.63, 3.8) is 0 Å². The average Bonchev–Trinajstić information content (AvgIpc) is 2.94. The topological polar surface area (TPSA) is 71.8 Å². The number of likely N-dealkylation sites (tertiary alicyclic amines) is 1. The number of methoxy groups -OCH3 is 1. The summed E-state index contributed by atoms with van der Waals surface area (Å²) in [4.78, 5) is 26.4. The first-order chi connectivity index (χ1) is 12.1. The van der Waals surface area contributed by atoms with E-state index in [9.17, 15) is 9.59 Å². The molecule has 2 aromatic rings. The zero-order valence-corrected chi connectivity index (χ0v) is 14.4. The number of amides is 1. The summed E-state index contributed by atoms with van der Waals surface area (Å²) >= 11 is 0. The maximum atomic E-state index is 12.4. The summed E-state index contributed by atoms with van der Waals surface area (Å²) in [6, 6.07) is 11.4. The first-order valence-electron chi connectivity index (χ1n) is 8.31. The molecular formula is C19H22N2O4. The quantitative estimate of drug-likeness (QED) is 0.898. The molecule has 1 amide bonds. The SMILES string of the molecule is COc1coc(C(=O)N[C@@H]2CN(Cc3ccccc3)C[C@@H]2C)cc1=O. The Balaban J connectivity index is 1.61. The summed E-state index contributed by atoms with van der Waals surface area (Å²) in [6.45, 7) is 4.64. The molecule has 132 valence electrons. The van der Waals surface area contributed by atoms with Crippen LogP contribution in [-0.2, 0) is 6.54 Å². The molecule has 0 spiro atoms. The van der Waals surface area contributed by atoms with Gasteiger partial charge in [0.25, 0.3) is 5.91 Å². The van der Waals surface area contributed by atoms with E-state index in [4.69, 9.17) is 9.15 Å². The van der Waals surface area contributed by atoms with E-state index < -0.39 is 0 Å². The van der Waals surface area contributed by atoms with Gasteiger partial charge in [-0.25, -0.2) is 0 Å². The number of carbonyl (C=O) groups is 1. The lowest BCUT2D eigenvalue weighted by molar-refractivity contribution is 0.0900. The molecule has 0 saturated carbocycles. The summed E-state index contributed by atoms with van der Waals surface area (Å²) in [5, 5.41) is 2.97. The number of benzene rings is 1. The van der Waals surface area contributed by atoms with Gasteiger partial charge in [-0.15, -0.1) is 0 Å². The molecule has 1 N–H and O–H groups in total. The second-order valence-electron chi connectivity index (χ2n) is 6.41. The molecule has 1 fully saturated rings.